The highest BCUT2D eigenvalue weighted by molar-refractivity contribution is 6.26. The number of nitrogens with one attached hydrogen (secondary N) is 1. The normalized spacial score (nSPS) is 24.4. The molecule has 1 aromatic heterocycles. The predicted octanol–water partition coefficient (Wildman–Crippen LogP) is 4.79. The largest absolute Gasteiger partial charge is 0.792 e. The van der Waals surface area contributed by atoms with Crippen LogP contribution < -0.4 is 0 Å². The van der Waals surface area contributed by atoms with Crippen molar-refractivity contribution in [3.05, 3.63) is 46.4 Å². The Labute approximate surface area is 141 Å². The minimum atomic E-state index is -0.114. The average molecular weight is 324 g/mol. The summed E-state index contributed by atoms with van der Waals surface area (Å²) < 4.78 is 0. The van der Waals surface area contributed by atoms with E-state index < -0.39 is 0 Å². The number of hydrogen-bond donors (Lipinski definition) is 2. The van der Waals surface area contributed by atoms with Crippen LogP contribution in [0.2, 0.25) is 0 Å². The first-order chi connectivity index (χ1) is 11.5. The second kappa shape index (κ2) is 5.11. The number of aromatic amines is 1. The van der Waals surface area contributed by atoms with Crippen molar-refractivity contribution in [2.24, 2.45) is 10.6 Å². The molecule has 0 fully saturated rings. The second-order valence-electron chi connectivity index (χ2n) is 7.61. The van der Waals surface area contributed by atoms with Crippen LogP contribution in [0.4, 0.5) is 0 Å². The molecule has 0 bridgehead atoms. The molecular weight excluding hydrogens is 302 g/mol. The van der Waals surface area contributed by atoms with E-state index in [1.54, 1.807) is 0 Å². The van der Waals surface area contributed by atoms with Gasteiger partial charge in [-0.3, -0.25) is 10.3 Å². The third-order valence-electron chi connectivity index (χ3n) is 5.27. The molecule has 1 aliphatic carbocycles. The second-order valence-corrected chi connectivity index (χ2v) is 7.61. The Hall–Kier alpha value is -2.27. The first kappa shape index (κ1) is 15.3. The molecule has 4 rings (SSSR count). The third kappa shape index (κ3) is 2.01. The zero-order chi connectivity index (χ0) is 17.1. The van der Waals surface area contributed by atoms with Gasteiger partial charge in [0, 0.05) is 27.8 Å². The number of para-hydroxylation sites is 1. The fraction of sp³-hybridized carbons (Fsp3) is 0.421. The summed E-state index contributed by atoms with van der Waals surface area (Å²) in [5.41, 5.74) is 5.09. The fourth-order valence-corrected chi connectivity index (χ4v) is 4.27. The molecule has 5 heteroatoms. The van der Waals surface area contributed by atoms with Crippen LogP contribution in [0.3, 0.4) is 0 Å². The lowest BCUT2D eigenvalue weighted by molar-refractivity contribution is -0.103. The maximum absolute atomic E-state index is 11.6. The monoisotopic (exact) mass is 324 g/mol. The highest BCUT2D eigenvalue weighted by Gasteiger charge is 2.41. The van der Waals surface area contributed by atoms with Crippen molar-refractivity contribution < 1.29 is 5.21 Å². The lowest BCUT2D eigenvalue weighted by atomic mass is 9.72. The molecule has 5 nitrogen and oxygen atoms in total. The summed E-state index contributed by atoms with van der Waals surface area (Å²) in [5, 5.41) is 28.3. The summed E-state index contributed by atoms with van der Waals surface area (Å²) in [6.07, 6.45) is 2.13. The number of rotatable bonds is 1. The van der Waals surface area contributed by atoms with E-state index >= 15 is 0 Å². The van der Waals surface area contributed by atoms with Crippen LogP contribution in [0.15, 0.2) is 35.1 Å². The smallest absolute Gasteiger partial charge is 0.0833 e. The van der Waals surface area contributed by atoms with Crippen molar-refractivity contribution in [3.63, 3.8) is 0 Å². The van der Waals surface area contributed by atoms with Gasteiger partial charge in [-0.25, -0.2) is 0 Å². The molecule has 0 saturated heterocycles. The zero-order valence-electron chi connectivity index (χ0n) is 14.3. The Balaban J connectivity index is 2.05. The van der Waals surface area contributed by atoms with Crippen LogP contribution in [-0.2, 0) is 0 Å². The van der Waals surface area contributed by atoms with Gasteiger partial charge in [0.2, 0.25) is 0 Å². The van der Waals surface area contributed by atoms with Crippen molar-refractivity contribution in [2.45, 2.75) is 46.1 Å². The van der Waals surface area contributed by atoms with Crippen LogP contribution in [0, 0.1) is 10.6 Å². The summed E-state index contributed by atoms with van der Waals surface area (Å²) in [6, 6.07) is 7.97. The number of fused-ring (bicyclic) bond motifs is 4. The van der Waals surface area contributed by atoms with Gasteiger partial charge in [0.25, 0.3) is 0 Å². The van der Waals surface area contributed by atoms with Gasteiger partial charge in [0.1, 0.15) is 0 Å². The van der Waals surface area contributed by atoms with Crippen molar-refractivity contribution in [1.29, 1.82) is 0 Å². The molecule has 126 valence electrons. The highest BCUT2D eigenvalue weighted by atomic mass is 16.5. The Bertz CT molecular complexity index is 876. The van der Waals surface area contributed by atoms with Crippen molar-refractivity contribution in [2.75, 3.05) is 0 Å². The van der Waals surface area contributed by atoms with E-state index in [9.17, 15) is 10.4 Å². The SMILES string of the molecule is CCC1c2c([nH]c3ccccc23)C2=C(CC(C)(C)CC2=N[O-])N1O. The van der Waals surface area contributed by atoms with Gasteiger partial charge in [0.15, 0.2) is 0 Å². The number of H-pyrrole nitrogens is 1. The van der Waals surface area contributed by atoms with Gasteiger partial charge >= 0.3 is 0 Å². The van der Waals surface area contributed by atoms with Gasteiger partial charge in [-0.2, -0.15) is 0 Å². The average Bonchev–Trinajstić information content (AvgIpc) is 2.93. The molecule has 1 aromatic carbocycles. The van der Waals surface area contributed by atoms with E-state index in [-0.39, 0.29) is 11.5 Å². The van der Waals surface area contributed by atoms with Crippen molar-refractivity contribution in [3.8, 4) is 0 Å². The minimum absolute atomic E-state index is 0.0924. The van der Waals surface area contributed by atoms with Crippen molar-refractivity contribution in [1.82, 2.24) is 10.0 Å². The molecule has 0 radical (unpaired) electrons. The lowest BCUT2D eigenvalue weighted by Crippen LogP contribution is -2.37. The molecular formula is C19H22N3O2-. The van der Waals surface area contributed by atoms with Crippen LogP contribution in [-0.4, -0.2) is 21.0 Å². The van der Waals surface area contributed by atoms with E-state index in [1.807, 2.05) is 18.2 Å². The van der Waals surface area contributed by atoms with Crippen LogP contribution in [0.1, 0.15) is 57.3 Å². The Morgan fingerprint density at radius 2 is 2.08 bits per heavy atom. The Morgan fingerprint density at radius 3 is 2.79 bits per heavy atom. The Kier molecular flexibility index (Phi) is 3.25. The lowest BCUT2D eigenvalue weighted by Gasteiger charge is -2.43. The molecule has 0 amide bonds. The topological polar surface area (TPSA) is 74.7 Å². The van der Waals surface area contributed by atoms with Crippen molar-refractivity contribution >= 4 is 22.2 Å². The van der Waals surface area contributed by atoms with Crippen LogP contribution in [0.5, 0.6) is 0 Å². The molecule has 2 heterocycles. The standard InChI is InChI=1S/C19H23N3O2/c1-4-14-16-11-7-5-6-8-12(11)20-18(16)17-13(21-23)9-19(2,3)10-15(17)22(14)24/h5-8,14,20,23-24H,4,9-10H2,1-3H3/p-1. The molecule has 1 aliphatic heterocycles. The molecule has 2 aromatic rings. The van der Waals surface area contributed by atoms with E-state index in [4.69, 9.17) is 0 Å². The van der Waals surface area contributed by atoms with Crippen LogP contribution in [0.25, 0.3) is 16.5 Å². The van der Waals surface area contributed by atoms with Gasteiger partial charge in [-0.15, -0.1) is 0 Å². The van der Waals surface area contributed by atoms with Gasteiger partial charge in [0.05, 0.1) is 17.4 Å². The third-order valence-corrected chi connectivity index (χ3v) is 5.27. The molecule has 1 atom stereocenters. The maximum Gasteiger partial charge on any atom is 0.0833 e. The van der Waals surface area contributed by atoms with Crippen LogP contribution >= 0.6 is 0 Å². The fourth-order valence-electron chi connectivity index (χ4n) is 4.27. The number of hydrogen-bond acceptors (Lipinski definition) is 4. The molecule has 0 spiro atoms. The van der Waals surface area contributed by atoms with E-state index in [1.165, 1.54) is 5.06 Å². The maximum atomic E-state index is 11.6. The summed E-state index contributed by atoms with van der Waals surface area (Å²) in [4.78, 5) is 3.48. The van der Waals surface area contributed by atoms with E-state index in [2.05, 4.69) is 37.0 Å². The number of allylic oxidation sites excluding steroid dienone is 2. The number of hydroxylamine groups is 2. The number of benzene rings is 1. The molecule has 0 saturated carbocycles. The van der Waals surface area contributed by atoms with E-state index in [0.29, 0.717) is 12.1 Å². The predicted molar refractivity (Wildman–Crippen MR) is 95.7 cm³/mol. The molecule has 1 unspecified atom stereocenters. The zero-order valence-corrected chi connectivity index (χ0v) is 14.3. The molecule has 2 N–H and O–H groups in total. The molecule has 2 aliphatic rings. The summed E-state index contributed by atoms with van der Waals surface area (Å²) in [7, 11) is 0. The molecule has 24 heavy (non-hydrogen) atoms. The minimum Gasteiger partial charge on any atom is -0.792 e. The van der Waals surface area contributed by atoms with Gasteiger partial charge in [-0.1, -0.05) is 39.0 Å². The van der Waals surface area contributed by atoms with Gasteiger partial charge in [-0.05, 0) is 30.7 Å². The summed E-state index contributed by atoms with van der Waals surface area (Å²) >= 11 is 0. The first-order valence-electron chi connectivity index (χ1n) is 8.48. The quantitative estimate of drug-likeness (QED) is 0.740. The number of aromatic nitrogens is 1. The summed E-state index contributed by atoms with van der Waals surface area (Å²) in [6.45, 7) is 6.29. The number of nitrogens with zero attached hydrogens (tertiary/aromatic N) is 2. The van der Waals surface area contributed by atoms with Gasteiger partial charge < -0.3 is 15.3 Å². The summed E-state index contributed by atoms with van der Waals surface area (Å²) in [5.74, 6) is 0. The first-order valence-corrected chi connectivity index (χ1v) is 8.48. The van der Waals surface area contributed by atoms with E-state index in [0.717, 1.165) is 46.3 Å². The Morgan fingerprint density at radius 1 is 1.33 bits per heavy atom. The highest BCUT2D eigenvalue weighted by Crippen LogP contribution is 2.50.